The van der Waals surface area contributed by atoms with Crippen molar-refractivity contribution in [3.05, 3.63) is 29.3 Å². The van der Waals surface area contributed by atoms with Gasteiger partial charge < -0.3 is 15.2 Å². The van der Waals surface area contributed by atoms with Crippen LogP contribution in [-0.2, 0) is 6.42 Å². The van der Waals surface area contributed by atoms with Crippen molar-refractivity contribution in [2.45, 2.75) is 38.8 Å². The molecule has 0 bridgehead atoms. The fourth-order valence-corrected chi connectivity index (χ4v) is 2.28. The van der Waals surface area contributed by atoms with E-state index in [2.05, 4.69) is 37.4 Å². The Morgan fingerprint density at radius 2 is 2.24 bits per heavy atom. The number of ether oxygens (including phenoxy) is 1. The van der Waals surface area contributed by atoms with Gasteiger partial charge in [-0.05, 0) is 37.5 Å². The van der Waals surface area contributed by atoms with Crippen molar-refractivity contribution < 1.29 is 9.84 Å². The van der Waals surface area contributed by atoms with E-state index in [1.54, 1.807) is 0 Å². The predicted molar refractivity (Wildman–Crippen MR) is 68.4 cm³/mol. The molecule has 17 heavy (non-hydrogen) atoms. The summed E-state index contributed by atoms with van der Waals surface area (Å²) in [6.45, 7) is 5.30. The summed E-state index contributed by atoms with van der Waals surface area (Å²) in [6, 6.07) is 7.05. The van der Waals surface area contributed by atoms with Crippen molar-refractivity contribution in [1.82, 2.24) is 5.32 Å². The summed E-state index contributed by atoms with van der Waals surface area (Å²) in [6.07, 6.45) is 1.81. The fourth-order valence-electron chi connectivity index (χ4n) is 2.28. The molecule has 3 heteroatoms. The summed E-state index contributed by atoms with van der Waals surface area (Å²) >= 11 is 0. The van der Waals surface area contributed by atoms with Crippen LogP contribution < -0.4 is 10.1 Å². The second-order valence-corrected chi connectivity index (χ2v) is 4.77. The van der Waals surface area contributed by atoms with Gasteiger partial charge in [-0.15, -0.1) is 0 Å². The molecule has 0 aromatic heterocycles. The van der Waals surface area contributed by atoms with Crippen molar-refractivity contribution in [3.63, 3.8) is 0 Å². The molecule has 94 valence electrons. The molecular formula is C14H21NO2. The SMILES string of the molecule is CC(CCO)NC(C)c1ccc2c(c1)CCO2. The molecule has 1 heterocycles. The molecule has 0 saturated heterocycles. The molecule has 1 aliphatic rings. The van der Waals surface area contributed by atoms with Crippen molar-refractivity contribution in [1.29, 1.82) is 0 Å². The van der Waals surface area contributed by atoms with Crippen LogP contribution in [0.5, 0.6) is 5.75 Å². The lowest BCUT2D eigenvalue weighted by Gasteiger charge is -2.20. The Balaban J connectivity index is 2.01. The van der Waals surface area contributed by atoms with Crippen LogP contribution in [0, 0.1) is 0 Å². The summed E-state index contributed by atoms with van der Waals surface area (Å²) in [5.41, 5.74) is 2.60. The smallest absolute Gasteiger partial charge is 0.122 e. The summed E-state index contributed by atoms with van der Waals surface area (Å²) in [5, 5.41) is 12.4. The van der Waals surface area contributed by atoms with E-state index in [9.17, 15) is 0 Å². The fraction of sp³-hybridized carbons (Fsp3) is 0.571. The molecule has 0 fully saturated rings. The minimum Gasteiger partial charge on any atom is -0.493 e. The van der Waals surface area contributed by atoms with Gasteiger partial charge in [-0.2, -0.15) is 0 Å². The van der Waals surface area contributed by atoms with Gasteiger partial charge in [-0.1, -0.05) is 12.1 Å². The molecular weight excluding hydrogens is 214 g/mol. The average Bonchev–Trinajstić information content (AvgIpc) is 2.75. The molecule has 3 nitrogen and oxygen atoms in total. The van der Waals surface area contributed by atoms with Crippen LogP contribution in [0.1, 0.15) is 37.4 Å². The Hall–Kier alpha value is -1.06. The summed E-state index contributed by atoms with van der Waals surface area (Å²) in [4.78, 5) is 0. The number of aliphatic hydroxyl groups excluding tert-OH is 1. The van der Waals surface area contributed by atoms with Gasteiger partial charge in [0.15, 0.2) is 0 Å². The van der Waals surface area contributed by atoms with Crippen LogP contribution in [0.4, 0.5) is 0 Å². The van der Waals surface area contributed by atoms with E-state index in [-0.39, 0.29) is 6.61 Å². The van der Waals surface area contributed by atoms with Gasteiger partial charge in [0.2, 0.25) is 0 Å². The largest absolute Gasteiger partial charge is 0.493 e. The van der Waals surface area contributed by atoms with Crippen LogP contribution >= 0.6 is 0 Å². The van der Waals surface area contributed by atoms with Crippen LogP contribution in [0.15, 0.2) is 18.2 Å². The zero-order chi connectivity index (χ0) is 12.3. The van der Waals surface area contributed by atoms with Crippen LogP contribution in [0.25, 0.3) is 0 Å². The van der Waals surface area contributed by atoms with E-state index in [1.807, 2.05) is 0 Å². The second kappa shape index (κ2) is 5.52. The maximum absolute atomic E-state index is 8.89. The number of rotatable bonds is 5. The minimum absolute atomic E-state index is 0.235. The Kier molecular flexibility index (Phi) is 4.02. The highest BCUT2D eigenvalue weighted by Crippen LogP contribution is 2.28. The lowest BCUT2D eigenvalue weighted by Crippen LogP contribution is -2.29. The lowest BCUT2D eigenvalue weighted by atomic mass is 10.0. The van der Waals surface area contributed by atoms with Crippen molar-refractivity contribution >= 4 is 0 Å². The first-order valence-electron chi connectivity index (χ1n) is 6.33. The zero-order valence-electron chi connectivity index (χ0n) is 10.6. The predicted octanol–water partition coefficient (Wildman–Crippen LogP) is 2.04. The Labute approximate surface area is 103 Å². The number of fused-ring (bicyclic) bond motifs is 1. The van der Waals surface area contributed by atoms with Crippen LogP contribution in [-0.4, -0.2) is 24.4 Å². The molecule has 0 saturated carbocycles. The molecule has 1 aromatic carbocycles. The highest BCUT2D eigenvalue weighted by molar-refractivity contribution is 5.40. The molecule has 0 spiro atoms. The maximum Gasteiger partial charge on any atom is 0.122 e. The minimum atomic E-state index is 0.235. The Morgan fingerprint density at radius 3 is 3.00 bits per heavy atom. The molecule has 0 aliphatic carbocycles. The molecule has 1 aromatic rings. The Morgan fingerprint density at radius 1 is 1.41 bits per heavy atom. The van der Waals surface area contributed by atoms with E-state index in [0.717, 1.165) is 25.2 Å². The first-order chi connectivity index (χ1) is 8.20. The van der Waals surface area contributed by atoms with Gasteiger partial charge in [0, 0.05) is 25.1 Å². The number of aliphatic hydroxyl groups is 1. The summed E-state index contributed by atoms with van der Waals surface area (Å²) < 4.78 is 5.50. The molecule has 2 atom stereocenters. The first-order valence-corrected chi connectivity index (χ1v) is 6.33. The average molecular weight is 235 g/mol. The zero-order valence-corrected chi connectivity index (χ0v) is 10.6. The third-order valence-electron chi connectivity index (χ3n) is 3.31. The van der Waals surface area contributed by atoms with Gasteiger partial charge in [-0.25, -0.2) is 0 Å². The number of hydrogen-bond donors (Lipinski definition) is 2. The van der Waals surface area contributed by atoms with E-state index in [0.29, 0.717) is 12.1 Å². The highest BCUT2D eigenvalue weighted by Gasteiger charge is 2.15. The quantitative estimate of drug-likeness (QED) is 0.820. The topological polar surface area (TPSA) is 41.5 Å². The van der Waals surface area contributed by atoms with Crippen molar-refractivity contribution in [2.24, 2.45) is 0 Å². The number of nitrogens with one attached hydrogen (secondary N) is 1. The second-order valence-electron chi connectivity index (χ2n) is 4.77. The first kappa shape index (κ1) is 12.4. The summed E-state index contributed by atoms with van der Waals surface area (Å²) in [7, 11) is 0. The van der Waals surface area contributed by atoms with E-state index < -0.39 is 0 Å². The van der Waals surface area contributed by atoms with Gasteiger partial charge in [0.1, 0.15) is 5.75 Å². The lowest BCUT2D eigenvalue weighted by molar-refractivity contribution is 0.264. The number of hydrogen-bond acceptors (Lipinski definition) is 3. The third-order valence-corrected chi connectivity index (χ3v) is 3.31. The van der Waals surface area contributed by atoms with E-state index in [4.69, 9.17) is 9.84 Å². The number of benzene rings is 1. The van der Waals surface area contributed by atoms with Crippen LogP contribution in [0.3, 0.4) is 0 Å². The van der Waals surface area contributed by atoms with Crippen molar-refractivity contribution in [2.75, 3.05) is 13.2 Å². The molecule has 2 unspecified atom stereocenters. The normalized spacial score (nSPS) is 17.4. The van der Waals surface area contributed by atoms with Gasteiger partial charge in [0.25, 0.3) is 0 Å². The molecule has 2 N–H and O–H groups in total. The summed E-state index contributed by atoms with van der Waals surface area (Å²) in [5.74, 6) is 1.03. The van der Waals surface area contributed by atoms with Crippen molar-refractivity contribution in [3.8, 4) is 5.75 Å². The molecule has 1 aliphatic heterocycles. The molecule has 0 radical (unpaired) electrons. The monoisotopic (exact) mass is 235 g/mol. The maximum atomic E-state index is 8.89. The Bertz CT molecular complexity index is 378. The van der Waals surface area contributed by atoms with Crippen LogP contribution in [0.2, 0.25) is 0 Å². The van der Waals surface area contributed by atoms with Gasteiger partial charge in [0.05, 0.1) is 6.61 Å². The van der Waals surface area contributed by atoms with E-state index in [1.165, 1.54) is 11.1 Å². The standard InChI is InChI=1S/C14H21NO2/c1-10(5-7-16)15-11(2)12-3-4-14-13(9-12)6-8-17-14/h3-4,9-11,15-16H,5-8H2,1-2H3. The van der Waals surface area contributed by atoms with Gasteiger partial charge >= 0.3 is 0 Å². The third kappa shape index (κ3) is 2.99. The molecule has 2 rings (SSSR count). The highest BCUT2D eigenvalue weighted by atomic mass is 16.5. The van der Waals surface area contributed by atoms with Gasteiger partial charge in [-0.3, -0.25) is 0 Å². The molecule has 0 amide bonds. The van der Waals surface area contributed by atoms with E-state index >= 15 is 0 Å².